The molecule has 0 saturated heterocycles. The predicted octanol–water partition coefficient (Wildman–Crippen LogP) is 3.75. The summed E-state index contributed by atoms with van der Waals surface area (Å²) in [5, 5.41) is 13.7. The van der Waals surface area contributed by atoms with Crippen LogP contribution in [-0.4, -0.2) is 32.8 Å². The van der Waals surface area contributed by atoms with Crippen LogP contribution in [0.1, 0.15) is 18.1 Å². The monoisotopic (exact) mass is 419 g/mol. The Morgan fingerprint density at radius 1 is 1.04 bits per heavy atom. The summed E-state index contributed by atoms with van der Waals surface area (Å²) in [6.07, 6.45) is 0. The third-order valence-corrected chi connectivity index (χ3v) is 4.68. The smallest absolute Gasteiger partial charge is 0.329 e. The molecule has 0 N–H and O–H groups in total. The topological polar surface area (TPSA) is 73.1 Å². The molecule has 146 valence electrons. The van der Waals surface area contributed by atoms with Crippen LogP contribution in [0, 0.1) is 0 Å². The zero-order valence-electron chi connectivity index (χ0n) is 15.3. The fourth-order valence-electron chi connectivity index (χ4n) is 2.61. The first-order valence-electron chi connectivity index (χ1n) is 8.72. The SMILES string of the molecule is CCOC(=O)Cn1nnc(N(Cc2ccccc2Cl)Cc2ccccc2Cl)n1. The normalized spacial score (nSPS) is 10.7. The summed E-state index contributed by atoms with van der Waals surface area (Å²) in [6, 6.07) is 15.1. The van der Waals surface area contributed by atoms with Crippen LogP contribution in [0.3, 0.4) is 0 Å². The lowest BCUT2D eigenvalue weighted by Crippen LogP contribution is -2.24. The zero-order chi connectivity index (χ0) is 19.9. The maximum absolute atomic E-state index is 11.7. The van der Waals surface area contributed by atoms with Crippen LogP contribution in [0.25, 0.3) is 0 Å². The van der Waals surface area contributed by atoms with Gasteiger partial charge in [0.25, 0.3) is 5.95 Å². The van der Waals surface area contributed by atoms with E-state index in [1.807, 2.05) is 53.4 Å². The molecule has 0 saturated carbocycles. The van der Waals surface area contributed by atoms with Gasteiger partial charge in [-0.25, -0.2) is 4.79 Å². The first-order chi connectivity index (χ1) is 13.6. The van der Waals surface area contributed by atoms with Gasteiger partial charge in [-0.05, 0) is 35.4 Å². The Bertz CT molecular complexity index is 900. The lowest BCUT2D eigenvalue weighted by molar-refractivity contribution is -0.144. The Labute approximate surface area is 172 Å². The largest absolute Gasteiger partial charge is 0.465 e. The van der Waals surface area contributed by atoms with E-state index in [0.29, 0.717) is 35.7 Å². The molecule has 0 radical (unpaired) electrons. The number of aromatic nitrogens is 4. The molecule has 3 aromatic rings. The van der Waals surface area contributed by atoms with E-state index in [0.717, 1.165) is 11.1 Å². The second-order valence-corrected chi connectivity index (χ2v) is 6.78. The van der Waals surface area contributed by atoms with Crippen molar-refractivity contribution in [2.75, 3.05) is 11.5 Å². The van der Waals surface area contributed by atoms with E-state index in [2.05, 4.69) is 15.4 Å². The number of rotatable bonds is 8. The van der Waals surface area contributed by atoms with Gasteiger partial charge in [0, 0.05) is 23.1 Å². The number of esters is 1. The minimum atomic E-state index is -0.421. The van der Waals surface area contributed by atoms with E-state index in [4.69, 9.17) is 27.9 Å². The van der Waals surface area contributed by atoms with Gasteiger partial charge in [-0.15, -0.1) is 5.10 Å². The third-order valence-electron chi connectivity index (χ3n) is 3.94. The fourth-order valence-corrected chi connectivity index (χ4v) is 3.00. The van der Waals surface area contributed by atoms with Crippen molar-refractivity contribution in [3.05, 3.63) is 69.7 Å². The average Bonchev–Trinajstić information content (AvgIpc) is 3.13. The van der Waals surface area contributed by atoms with E-state index in [9.17, 15) is 4.79 Å². The number of nitrogens with zero attached hydrogens (tertiary/aromatic N) is 5. The van der Waals surface area contributed by atoms with Crippen LogP contribution in [0.15, 0.2) is 48.5 Å². The number of anilines is 1. The molecule has 2 aromatic carbocycles. The number of carbonyl (C=O) groups excluding carboxylic acids is 1. The van der Waals surface area contributed by atoms with Gasteiger partial charge >= 0.3 is 5.97 Å². The van der Waals surface area contributed by atoms with Gasteiger partial charge in [0.15, 0.2) is 6.54 Å². The van der Waals surface area contributed by atoms with E-state index < -0.39 is 5.97 Å². The molecular weight excluding hydrogens is 401 g/mol. The molecule has 0 amide bonds. The van der Waals surface area contributed by atoms with Gasteiger partial charge in [-0.2, -0.15) is 4.80 Å². The highest BCUT2D eigenvalue weighted by Gasteiger charge is 2.17. The van der Waals surface area contributed by atoms with Crippen molar-refractivity contribution in [1.82, 2.24) is 20.2 Å². The van der Waals surface area contributed by atoms with Crippen LogP contribution in [-0.2, 0) is 29.2 Å². The van der Waals surface area contributed by atoms with Gasteiger partial charge in [-0.3, -0.25) is 0 Å². The summed E-state index contributed by atoms with van der Waals surface area (Å²) < 4.78 is 4.92. The Morgan fingerprint density at radius 2 is 1.61 bits per heavy atom. The zero-order valence-corrected chi connectivity index (χ0v) is 16.8. The Balaban J connectivity index is 1.86. The molecule has 0 aliphatic heterocycles. The number of carbonyl (C=O) groups is 1. The molecule has 1 heterocycles. The molecule has 0 bridgehead atoms. The standard InChI is InChI=1S/C19H19Cl2N5O2/c1-2-28-18(27)13-26-23-19(22-24-26)25(11-14-7-3-5-9-16(14)20)12-15-8-4-6-10-17(15)21/h3-10H,2,11-13H2,1H3. The highest BCUT2D eigenvalue weighted by Crippen LogP contribution is 2.23. The summed E-state index contributed by atoms with van der Waals surface area (Å²) in [7, 11) is 0. The number of ether oxygens (including phenoxy) is 1. The molecule has 0 spiro atoms. The summed E-state index contributed by atoms with van der Waals surface area (Å²) >= 11 is 12.6. The second kappa shape index (κ2) is 9.52. The molecule has 0 unspecified atom stereocenters. The van der Waals surface area contributed by atoms with Crippen LogP contribution in [0.4, 0.5) is 5.95 Å². The second-order valence-electron chi connectivity index (χ2n) is 5.96. The first kappa shape index (κ1) is 20.1. The van der Waals surface area contributed by atoms with E-state index >= 15 is 0 Å². The number of halogens is 2. The van der Waals surface area contributed by atoms with Gasteiger partial charge in [0.1, 0.15) is 0 Å². The molecule has 0 fully saturated rings. The average molecular weight is 420 g/mol. The van der Waals surface area contributed by atoms with E-state index in [-0.39, 0.29) is 6.54 Å². The van der Waals surface area contributed by atoms with Crippen LogP contribution in [0.2, 0.25) is 10.0 Å². The number of hydrogen-bond donors (Lipinski definition) is 0. The molecule has 7 nitrogen and oxygen atoms in total. The van der Waals surface area contributed by atoms with Gasteiger partial charge in [0.05, 0.1) is 6.61 Å². The third kappa shape index (κ3) is 5.21. The van der Waals surface area contributed by atoms with Crippen molar-refractivity contribution in [3.63, 3.8) is 0 Å². The maximum Gasteiger partial charge on any atom is 0.329 e. The van der Waals surface area contributed by atoms with Crippen LogP contribution in [0.5, 0.6) is 0 Å². The fraction of sp³-hybridized carbons (Fsp3) is 0.263. The first-order valence-corrected chi connectivity index (χ1v) is 9.47. The Hall–Kier alpha value is -2.64. The number of benzene rings is 2. The van der Waals surface area contributed by atoms with Crippen molar-refractivity contribution < 1.29 is 9.53 Å². The van der Waals surface area contributed by atoms with Gasteiger partial charge < -0.3 is 9.64 Å². The summed E-state index contributed by atoms with van der Waals surface area (Å²) in [5.74, 6) is -0.0562. The van der Waals surface area contributed by atoms with E-state index in [1.165, 1.54) is 4.80 Å². The maximum atomic E-state index is 11.7. The summed E-state index contributed by atoms with van der Waals surface area (Å²) in [5.41, 5.74) is 1.83. The highest BCUT2D eigenvalue weighted by atomic mass is 35.5. The molecular formula is C19H19Cl2N5O2. The van der Waals surface area contributed by atoms with Crippen molar-refractivity contribution in [1.29, 1.82) is 0 Å². The minimum Gasteiger partial charge on any atom is -0.465 e. The molecule has 0 atom stereocenters. The van der Waals surface area contributed by atoms with Gasteiger partial charge in [0.2, 0.25) is 0 Å². The van der Waals surface area contributed by atoms with E-state index in [1.54, 1.807) is 6.92 Å². The molecule has 3 rings (SSSR count). The van der Waals surface area contributed by atoms with Crippen LogP contribution < -0.4 is 4.90 Å². The van der Waals surface area contributed by atoms with Crippen molar-refractivity contribution in [3.8, 4) is 0 Å². The molecule has 0 aliphatic carbocycles. The Kier molecular flexibility index (Phi) is 6.84. The number of tetrazole rings is 1. The summed E-state index contributed by atoms with van der Waals surface area (Å²) in [4.78, 5) is 14.8. The lowest BCUT2D eigenvalue weighted by Gasteiger charge is -2.22. The molecule has 0 aliphatic rings. The van der Waals surface area contributed by atoms with Crippen molar-refractivity contribution >= 4 is 35.1 Å². The Morgan fingerprint density at radius 3 is 2.14 bits per heavy atom. The quantitative estimate of drug-likeness (QED) is 0.517. The predicted molar refractivity (Wildman–Crippen MR) is 107 cm³/mol. The number of hydrogen-bond acceptors (Lipinski definition) is 6. The van der Waals surface area contributed by atoms with Crippen molar-refractivity contribution in [2.24, 2.45) is 0 Å². The molecule has 28 heavy (non-hydrogen) atoms. The molecule has 9 heteroatoms. The molecule has 1 aromatic heterocycles. The highest BCUT2D eigenvalue weighted by molar-refractivity contribution is 6.31. The summed E-state index contributed by atoms with van der Waals surface area (Å²) in [6.45, 7) is 2.84. The van der Waals surface area contributed by atoms with Crippen molar-refractivity contribution in [2.45, 2.75) is 26.6 Å². The van der Waals surface area contributed by atoms with Gasteiger partial charge in [-0.1, -0.05) is 64.7 Å². The minimum absolute atomic E-state index is 0.104. The van der Waals surface area contributed by atoms with Crippen LogP contribution >= 0.6 is 23.2 Å². The lowest BCUT2D eigenvalue weighted by atomic mass is 10.1.